The van der Waals surface area contributed by atoms with Crippen LogP contribution in [0.5, 0.6) is 17.2 Å². The predicted octanol–water partition coefficient (Wildman–Crippen LogP) is 5.01. The first-order valence-electron chi connectivity index (χ1n) is 10.2. The molecule has 0 bridgehead atoms. The number of methoxy groups -OCH3 is 1. The number of nitrogens with zero attached hydrogens (tertiary/aromatic N) is 1. The number of benzene rings is 3. The van der Waals surface area contributed by atoms with E-state index in [2.05, 4.69) is 15.6 Å². The van der Waals surface area contributed by atoms with Gasteiger partial charge in [0.1, 0.15) is 24.8 Å². The third kappa shape index (κ3) is 4.00. The van der Waals surface area contributed by atoms with Crippen LogP contribution in [0.2, 0.25) is 0 Å². The first-order valence-corrected chi connectivity index (χ1v) is 10.2. The highest BCUT2D eigenvalue weighted by Gasteiger charge is 2.15. The minimum absolute atomic E-state index is 0.227. The van der Waals surface area contributed by atoms with Crippen LogP contribution in [0.3, 0.4) is 0 Å². The van der Waals surface area contributed by atoms with Gasteiger partial charge in [0, 0.05) is 22.3 Å². The molecule has 3 aromatic carbocycles. The van der Waals surface area contributed by atoms with E-state index in [1.165, 1.54) is 0 Å². The van der Waals surface area contributed by atoms with Gasteiger partial charge >= 0.3 is 0 Å². The van der Waals surface area contributed by atoms with Crippen molar-refractivity contribution in [2.45, 2.75) is 0 Å². The molecule has 0 fully saturated rings. The third-order valence-electron chi connectivity index (χ3n) is 5.11. The van der Waals surface area contributed by atoms with Gasteiger partial charge in [0.25, 0.3) is 5.91 Å². The minimum atomic E-state index is -0.227. The summed E-state index contributed by atoms with van der Waals surface area (Å²) >= 11 is 0. The second-order valence-electron chi connectivity index (χ2n) is 7.24. The van der Waals surface area contributed by atoms with Gasteiger partial charge in [-0.1, -0.05) is 12.1 Å². The number of anilines is 3. The van der Waals surface area contributed by atoms with E-state index in [9.17, 15) is 4.79 Å². The third-order valence-corrected chi connectivity index (χ3v) is 5.11. The number of pyridine rings is 1. The second kappa shape index (κ2) is 8.47. The molecule has 1 aliphatic rings. The summed E-state index contributed by atoms with van der Waals surface area (Å²) in [7, 11) is 1.64. The molecule has 7 nitrogen and oxygen atoms in total. The van der Waals surface area contributed by atoms with Crippen LogP contribution in [-0.4, -0.2) is 31.2 Å². The maximum atomic E-state index is 12.7. The number of fused-ring (bicyclic) bond motifs is 2. The summed E-state index contributed by atoms with van der Waals surface area (Å²) in [4.78, 5) is 17.4. The summed E-state index contributed by atoms with van der Waals surface area (Å²) in [5.74, 6) is 2.49. The van der Waals surface area contributed by atoms with Crippen molar-refractivity contribution >= 4 is 34.0 Å². The second-order valence-corrected chi connectivity index (χ2v) is 7.24. The van der Waals surface area contributed by atoms with Gasteiger partial charge in [0.2, 0.25) is 0 Å². The molecule has 2 heterocycles. The van der Waals surface area contributed by atoms with Crippen LogP contribution in [0.4, 0.5) is 17.2 Å². The molecule has 32 heavy (non-hydrogen) atoms. The zero-order valence-corrected chi connectivity index (χ0v) is 17.4. The van der Waals surface area contributed by atoms with Crippen molar-refractivity contribution < 1.29 is 19.0 Å². The minimum Gasteiger partial charge on any atom is -0.496 e. The Bertz CT molecular complexity index is 1310. The molecule has 0 saturated carbocycles. The standard InChI is InChI=1S/C25H21N3O4/c1-30-21-7-3-6-20-19(21)9-11-24(28-20)26-17-4-2-5-18(15-17)27-25(29)16-8-10-22-23(14-16)32-13-12-31-22/h2-11,14-15H,12-13H2,1H3,(H,26,28)(H,27,29). The molecule has 2 N–H and O–H groups in total. The van der Waals surface area contributed by atoms with Gasteiger partial charge in [-0.25, -0.2) is 4.98 Å². The molecular weight excluding hydrogens is 406 g/mol. The Morgan fingerprint density at radius 1 is 0.906 bits per heavy atom. The molecule has 1 amide bonds. The van der Waals surface area contributed by atoms with Crippen LogP contribution in [0.1, 0.15) is 10.4 Å². The normalized spacial score (nSPS) is 12.3. The number of carbonyl (C=O) groups excluding carboxylic acids is 1. The molecule has 0 unspecified atom stereocenters. The molecule has 1 aromatic heterocycles. The fourth-order valence-electron chi connectivity index (χ4n) is 3.58. The number of aromatic nitrogens is 1. The summed E-state index contributed by atoms with van der Waals surface area (Å²) in [6.45, 7) is 0.985. The lowest BCUT2D eigenvalue weighted by Gasteiger charge is -2.18. The molecular formula is C25H21N3O4. The highest BCUT2D eigenvalue weighted by atomic mass is 16.6. The van der Waals surface area contributed by atoms with Crippen molar-refractivity contribution in [3.05, 3.63) is 78.4 Å². The molecule has 4 aromatic rings. The van der Waals surface area contributed by atoms with Crippen molar-refractivity contribution in [3.8, 4) is 17.2 Å². The van der Waals surface area contributed by atoms with Gasteiger partial charge in [0.15, 0.2) is 11.5 Å². The van der Waals surface area contributed by atoms with Gasteiger partial charge in [0.05, 0.1) is 12.6 Å². The summed E-state index contributed by atoms with van der Waals surface area (Å²) in [5.41, 5.74) is 2.80. The first-order chi connectivity index (χ1) is 15.7. The van der Waals surface area contributed by atoms with E-state index in [1.54, 1.807) is 25.3 Å². The molecule has 0 radical (unpaired) electrons. The van der Waals surface area contributed by atoms with E-state index in [0.717, 1.165) is 22.3 Å². The topological polar surface area (TPSA) is 81.7 Å². The number of nitrogens with one attached hydrogen (secondary N) is 2. The van der Waals surface area contributed by atoms with Gasteiger partial charge in [-0.2, -0.15) is 0 Å². The lowest BCUT2D eigenvalue weighted by Crippen LogP contribution is -2.17. The smallest absolute Gasteiger partial charge is 0.255 e. The molecule has 0 aliphatic carbocycles. The van der Waals surface area contributed by atoms with Gasteiger partial charge in [-0.3, -0.25) is 4.79 Å². The van der Waals surface area contributed by atoms with Gasteiger partial charge in [-0.05, 0) is 60.7 Å². The fourth-order valence-corrected chi connectivity index (χ4v) is 3.58. The Morgan fingerprint density at radius 3 is 2.59 bits per heavy atom. The monoisotopic (exact) mass is 427 g/mol. The highest BCUT2D eigenvalue weighted by Crippen LogP contribution is 2.31. The molecule has 1 aliphatic heterocycles. The zero-order valence-electron chi connectivity index (χ0n) is 17.4. The number of rotatable bonds is 5. The van der Waals surface area contributed by atoms with Crippen LogP contribution >= 0.6 is 0 Å². The number of hydrogen-bond donors (Lipinski definition) is 2. The highest BCUT2D eigenvalue weighted by molar-refractivity contribution is 6.05. The lowest BCUT2D eigenvalue weighted by atomic mass is 10.1. The van der Waals surface area contributed by atoms with Crippen molar-refractivity contribution in [2.75, 3.05) is 31.0 Å². The maximum Gasteiger partial charge on any atom is 0.255 e. The van der Waals surface area contributed by atoms with Crippen LogP contribution in [-0.2, 0) is 0 Å². The van der Waals surface area contributed by atoms with Crippen molar-refractivity contribution in [3.63, 3.8) is 0 Å². The Hall–Kier alpha value is -4.26. The Kier molecular flexibility index (Phi) is 5.21. The molecule has 0 atom stereocenters. The SMILES string of the molecule is COc1cccc2nc(Nc3cccc(NC(=O)c4ccc5c(c4)OCCO5)c3)ccc12. The Balaban J connectivity index is 1.32. The van der Waals surface area contributed by atoms with E-state index in [-0.39, 0.29) is 5.91 Å². The Morgan fingerprint density at radius 2 is 1.72 bits per heavy atom. The number of amides is 1. The summed E-state index contributed by atoms with van der Waals surface area (Å²) in [5, 5.41) is 7.16. The summed E-state index contributed by atoms with van der Waals surface area (Å²) in [6.07, 6.45) is 0. The van der Waals surface area contributed by atoms with Crippen molar-refractivity contribution in [2.24, 2.45) is 0 Å². The van der Waals surface area contributed by atoms with Gasteiger partial charge in [-0.15, -0.1) is 0 Å². The number of ether oxygens (including phenoxy) is 3. The average molecular weight is 427 g/mol. The lowest BCUT2D eigenvalue weighted by molar-refractivity contribution is 0.102. The van der Waals surface area contributed by atoms with Crippen LogP contribution in [0.15, 0.2) is 72.8 Å². The fraction of sp³-hybridized carbons (Fsp3) is 0.120. The molecule has 0 spiro atoms. The molecule has 0 saturated heterocycles. The summed E-state index contributed by atoms with van der Waals surface area (Å²) < 4.78 is 16.5. The summed E-state index contributed by atoms with van der Waals surface area (Å²) in [6, 6.07) is 22.3. The number of hydrogen-bond acceptors (Lipinski definition) is 6. The quantitative estimate of drug-likeness (QED) is 0.466. The first kappa shape index (κ1) is 19.7. The predicted molar refractivity (Wildman–Crippen MR) is 123 cm³/mol. The average Bonchev–Trinajstić information content (AvgIpc) is 2.83. The Labute approximate surface area is 185 Å². The van der Waals surface area contributed by atoms with E-state index in [0.29, 0.717) is 41.8 Å². The van der Waals surface area contributed by atoms with E-state index < -0.39 is 0 Å². The van der Waals surface area contributed by atoms with Crippen LogP contribution in [0.25, 0.3) is 10.9 Å². The molecule has 7 heteroatoms. The van der Waals surface area contributed by atoms with Crippen LogP contribution < -0.4 is 24.8 Å². The van der Waals surface area contributed by atoms with Gasteiger partial charge < -0.3 is 24.8 Å². The van der Waals surface area contributed by atoms with E-state index >= 15 is 0 Å². The maximum absolute atomic E-state index is 12.7. The molecule has 160 valence electrons. The number of carbonyl (C=O) groups is 1. The largest absolute Gasteiger partial charge is 0.496 e. The van der Waals surface area contributed by atoms with Crippen LogP contribution in [0, 0.1) is 0 Å². The van der Waals surface area contributed by atoms with Crippen molar-refractivity contribution in [1.29, 1.82) is 0 Å². The van der Waals surface area contributed by atoms with E-state index in [4.69, 9.17) is 14.2 Å². The zero-order chi connectivity index (χ0) is 21.9. The molecule has 5 rings (SSSR count). The van der Waals surface area contributed by atoms with Crippen molar-refractivity contribution in [1.82, 2.24) is 4.98 Å². The van der Waals surface area contributed by atoms with E-state index in [1.807, 2.05) is 54.6 Å².